The molecule has 1 aromatic carbocycles. The number of nitrogens with one attached hydrogen (secondary N) is 2. The molecule has 1 aliphatic rings. The van der Waals surface area contributed by atoms with Gasteiger partial charge < -0.3 is 25.0 Å². The predicted octanol–water partition coefficient (Wildman–Crippen LogP) is 2.61. The van der Waals surface area contributed by atoms with Crippen LogP contribution in [-0.4, -0.2) is 52.3 Å². The molecule has 8 nitrogen and oxygen atoms in total. The van der Waals surface area contributed by atoms with Gasteiger partial charge >= 0.3 is 5.97 Å². The van der Waals surface area contributed by atoms with Crippen molar-refractivity contribution in [1.82, 2.24) is 15.2 Å². The molecule has 168 valence electrons. The number of nitrogens with zero attached hydrogens (tertiary/aromatic N) is 1. The van der Waals surface area contributed by atoms with Crippen molar-refractivity contribution in [3.63, 3.8) is 0 Å². The van der Waals surface area contributed by atoms with Gasteiger partial charge in [0.15, 0.2) is 0 Å². The molecule has 1 aromatic heterocycles. The summed E-state index contributed by atoms with van der Waals surface area (Å²) in [7, 11) is 1.83. The number of ether oxygens (including phenoxy) is 1. The van der Waals surface area contributed by atoms with Gasteiger partial charge in [-0.25, -0.2) is 4.79 Å². The molecule has 0 unspecified atom stereocenters. The molecular weight excluding hydrogens is 398 g/mol. The van der Waals surface area contributed by atoms with Crippen molar-refractivity contribution in [2.24, 2.45) is 7.05 Å². The van der Waals surface area contributed by atoms with Crippen LogP contribution in [0, 0.1) is 0 Å². The minimum absolute atomic E-state index is 0.245. The van der Waals surface area contributed by atoms with E-state index in [2.05, 4.69) is 10.6 Å². The molecule has 0 aliphatic heterocycles. The van der Waals surface area contributed by atoms with Gasteiger partial charge in [0.2, 0.25) is 5.91 Å². The fraction of sp³-hybridized carbons (Fsp3) is 0.522. The Balaban J connectivity index is 1.68. The van der Waals surface area contributed by atoms with Gasteiger partial charge in [-0.3, -0.25) is 9.59 Å². The van der Waals surface area contributed by atoms with Gasteiger partial charge in [-0.15, -0.1) is 0 Å². The van der Waals surface area contributed by atoms with E-state index in [9.17, 15) is 14.4 Å². The molecule has 0 radical (unpaired) electrons. The summed E-state index contributed by atoms with van der Waals surface area (Å²) in [6, 6.07) is 8.66. The van der Waals surface area contributed by atoms with Gasteiger partial charge in [0.25, 0.3) is 5.91 Å². The lowest BCUT2D eigenvalue weighted by Crippen LogP contribution is -2.51. The van der Waals surface area contributed by atoms with Crippen molar-refractivity contribution in [3.05, 3.63) is 36.0 Å². The largest absolute Gasteiger partial charge is 0.480 e. The van der Waals surface area contributed by atoms with Gasteiger partial charge in [0.05, 0.1) is 12.1 Å². The number of rotatable bonds is 10. The third-order valence-corrected chi connectivity index (χ3v) is 5.85. The Labute approximate surface area is 181 Å². The number of carbonyl (C=O) groups is 3. The summed E-state index contributed by atoms with van der Waals surface area (Å²) in [4.78, 5) is 36.8. The first-order chi connectivity index (χ1) is 14.9. The smallest absolute Gasteiger partial charge is 0.329 e. The van der Waals surface area contributed by atoms with E-state index in [-0.39, 0.29) is 30.6 Å². The van der Waals surface area contributed by atoms with Crippen LogP contribution in [0.2, 0.25) is 0 Å². The molecule has 1 fully saturated rings. The van der Waals surface area contributed by atoms with Crippen LogP contribution in [0.15, 0.2) is 30.3 Å². The number of hydrogen-bond acceptors (Lipinski definition) is 4. The van der Waals surface area contributed by atoms with Gasteiger partial charge in [0.1, 0.15) is 18.3 Å². The van der Waals surface area contributed by atoms with Gasteiger partial charge in [0, 0.05) is 18.0 Å². The predicted molar refractivity (Wildman–Crippen MR) is 117 cm³/mol. The molecular formula is C23H31N3O5. The second kappa shape index (κ2) is 10.4. The van der Waals surface area contributed by atoms with E-state index in [0.29, 0.717) is 18.5 Å². The molecule has 2 aromatic rings. The Morgan fingerprint density at radius 2 is 2.03 bits per heavy atom. The highest BCUT2D eigenvalue weighted by molar-refractivity contribution is 6.00. The van der Waals surface area contributed by atoms with Crippen molar-refractivity contribution in [2.45, 2.75) is 63.6 Å². The SMILES string of the molecule is CCCC[C@H](NC(=O)c1cc2ccccc2n1C)C(=O)N[C@H]1CCC[C@@H]1OCC(=O)O. The Kier molecular flexibility index (Phi) is 7.68. The van der Waals surface area contributed by atoms with Crippen molar-refractivity contribution in [2.75, 3.05) is 6.61 Å². The fourth-order valence-corrected chi connectivity index (χ4v) is 4.17. The summed E-state index contributed by atoms with van der Waals surface area (Å²) in [5.41, 5.74) is 1.45. The van der Waals surface area contributed by atoms with Crippen molar-refractivity contribution in [3.8, 4) is 0 Å². The molecule has 1 saturated carbocycles. The standard InChI is InChI=1S/C23H31N3O5/c1-3-4-9-17(22(29)24-16-10-7-12-20(16)31-14-21(27)28)25-23(30)19-13-15-8-5-6-11-18(15)26(19)2/h5-6,8,11,13,16-17,20H,3-4,7,9-10,12,14H2,1-2H3,(H,24,29)(H,25,30)(H,27,28)/t16-,17-,20-/m0/s1. The van der Waals surface area contributed by atoms with Crippen LogP contribution in [0.5, 0.6) is 0 Å². The highest BCUT2D eigenvalue weighted by Crippen LogP contribution is 2.23. The number of para-hydroxylation sites is 1. The highest BCUT2D eigenvalue weighted by Gasteiger charge is 2.32. The van der Waals surface area contributed by atoms with E-state index in [4.69, 9.17) is 9.84 Å². The van der Waals surface area contributed by atoms with E-state index >= 15 is 0 Å². The number of carboxylic acid groups (broad SMARTS) is 1. The third kappa shape index (κ3) is 5.64. The van der Waals surface area contributed by atoms with Crippen LogP contribution in [0.1, 0.15) is 55.9 Å². The molecule has 3 N–H and O–H groups in total. The number of carbonyl (C=O) groups excluding carboxylic acids is 2. The van der Waals surface area contributed by atoms with Crippen molar-refractivity contribution >= 4 is 28.7 Å². The summed E-state index contributed by atoms with van der Waals surface area (Å²) in [6.07, 6.45) is 4.22. The number of aliphatic carboxylic acids is 1. The van der Waals surface area contributed by atoms with Crippen LogP contribution < -0.4 is 10.6 Å². The quantitative estimate of drug-likeness (QED) is 0.538. The molecule has 2 amide bonds. The minimum atomic E-state index is -1.03. The van der Waals surface area contributed by atoms with E-state index in [1.165, 1.54) is 0 Å². The topological polar surface area (TPSA) is 110 Å². The molecule has 0 bridgehead atoms. The molecule has 0 spiro atoms. The number of amides is 2. The average Bonchev–Trinajstić information content (AvgIpc) is 3.33. The van der Waals surface area contributed by atoms with Crippen LogP contribution in [0.3, 0.4) is 0 Å². The summed E-state index contributed by atoms with van der Waals surface area (Å²) in [5.74, 6) is -1.57. The first-order valence-corrected chi connectivity index (χ1v) is 10.9. The summed E-state index contributed by atoms with van der Waals surface area (Å²) < 4.78 is 7.26. The lowest BCUT2D eigenvalue weighted by molar-refractivity contribution is -0.144. The van der Waals surface area contributed by atoms with E-state index < -0.39 is 12.0 Å². The van der Waals surface area contributed by atoms with E-state index in [0.717, 1.165) is 36.6 Å². The maximum absolute atomic E-state index is 13.0. The number of fused-ring (bicyclic) bond motifs is 1. The second-order valence-corrected chi connectivity index (χ2v) is 8.10. The van der Waals surface area contributed by atoms with E-state index in [1.807, 2.05) is 48.9 Å². The van der Waals surface area contributed by atoms with Crippen molar-refractivity contribution in [1.29, 1.82) is 0 Å². The molecule has 0 saturated heterocycles. The maximum Gasteiger partial charge on any atom is 0.329 e. The molecule has 1 aliphatic carbocycles. The Bertz CT molecular complexity index is 938. The number of hydrogen-bond donors (Lipinski definition) is 3. The Morgan fingerprint density at radius 3 is 2.74 bits per heavy atom. The lowest BCUT2D eigenvalue weighted by atomic mass is 10.1. The minimum Gasteiger partial charge on any atom is -0.480 e. The summed E-state index contributed by atoms with van der Waals surface area (Å²) in [5, 5.41) is 15.7. The van der Waals surface area contributed by atoms with Crippen LogP contribution in [0.25, 0.3) is 10.9 Å². The third-order valence-electron chi connectivity index (χ3n) is 5.85. The van der Waals surface area contributed by atoms with Gasteiger partial charge in [-0.05, 0) is 37.8 Å². The number of benzene rings is 1. The molecule has 3 rings (SSSR count). The molecule has 1 heterocycles. The summed E-state index contributed by atoms with van der Waals surface area (Å²) in [6.45, 7) is 1.65. The molecule has 31 heavy (non-hydrogen) atoms. The van der Waals surface area contributed by atoms with Gasteiger partial charge in [-0.1, -0.05) is 38.0 Å². The summed E-state index contributed by atoms with van der Waals surface area (Å²) >= 11 is 0. The van der Waals surface area contributed by atoms with Crippen LogP contribution in [-0.2, 0) is 21.4 Å². The lowest BCUT2D eigenvalue weighted by Gasteiger charge is -2.24. The first-order valence-electron chi connectivity index (χ1n) is 10.9. The fourth-order valence-electron chi connectivity index (χ4n) is 4.17. The number of carboxylic acids is 1. The molecule has 8 heteroatoms. The van der Waals surface area contributed by atoms with Crippen molar-refractivity contribution < 1.29 is 24.2 Å². The first kappa shape index (κ1) is 22.8. The molecule has 3 atom stereocenters. The van der Waals surface area contributed by atoms with Crippen LogP contribution >= 0.6 is 0 Å². The zero-order valence-electron chi connectivity index (χ0n) is 18.1. The number of aryl methyl sites for hydroxylation is 1. The Hall–Kier alpha value is -2.87. The Morgan fingerprint density at radius 1 is 1.26 bits per heavy atom. The number of aromatic nitrogens is 1. The van der Waals surface area contributed by atoms with E-state index in [1.54, 1.807) is 0 Å². The maximum atomic E-state index is 13.0. The average molecular weight is 430 g/mol. The van der Waals surface area contributed by atoms with Gasteiger partial charge in [-0.2, -0.15) is 0 Å². The number of unbranched alkanes of at least 4 members (excludes halogenated alkanes) is 1. The second-order valence-electron chi connectivity index (χ2n) is 8.10. The highest BCUT2D eigenvalue weighted by atomic mass is 16.5. The zero-order chi connectivity index (χ0) is 22.4. The van der Waals surface area contributed by atoms with Crippen LogP contribution in [0.4, 0.5) is 0 Å². The zero-order valence-corrected chi connectivity index (χ0v) is 18.1. The monoisotopic (exact) mass is 429 g/mol. The normalized spacial score (nSPS) is 19.3.